The summed E-state index contributed by atoms with van der Waals surface area (Å²) in [7, 11) is -0.517. The topological polar surface area (TPSA) is 66.5 Å². The van der Waals surface area contributed by atoms with E-state index < -0.39 is 10.0 Å². The molecule has 0 aliphatic heterocycles. The summed E-state index contributed by atoms with van der Waals surface area (Å²) in [4.78, 5) is 12.7. The van der Waals surface area contributed by atoms with E-state index in [0.717, 1.165) is 17.1 Å². The van der Waals surface area contributed by atoms with E-state index in [1.54, 1.807) is 12.1 Å². The standard InChI is InChI=1S/C20H24N2O3S/c1-22(2)26(24,25)18-11-9-16(10-12-18)19(23)21-15-20(13-6-14-20)17-7-4-3-5-8-17/h3-5,7-12H,6,13-15H2,1-2H3,(H,21,23). The van der Waals surface area contributed by atoms with Crippen LogP contribution in [0.1, 0.15) is 35.2 Å². The van der Waals surface area contributed by atoms with Crippen LogP contribution in [0.25, 0.3) is 0 Å². The van der Waals surface area contributed by atoms with E-state index in [-0.39, 0.29) is 16.2 Å². The van der Waals surface area contributed by atoms with Crippen molar-refractivity contribution in [2.24, 2.45) is 0 Å². The second-order valence-corrected chi connectivity index (χ2v) is 9.15. The Kier molecular flexibility index (Phi) is 5.16. The van der Waals surface area contributed by atoms with Crippen LogP contribution in [0.2, 0.25) is 0 Å². The fourth-order valence-corrected chi connectivity index (χ4v) is 4.21. The largest absolute Gasteiger partial charge is 0.351 e. The van der Waals surface area contributed by atoms with Gasteiger partial charge >= 0.3 is 0 Å². The molecule has 0 aromatic heterocycles. The highest BCUT2D eigenvalue weighted by molar-refractivity contribution is 7.89. The van der Waals surface area contributed by atoms with Gasteiger partial charge in [-0.1, -0.05) is 36.8 Å². The summed E-state index contributed by atoms with van der Waals surface area (Å²) in [6.07, 6.45) is 3.30. The van der Waals surface area contributed by atoms with Gasteiger partial charge in [0.1, 0.15) is 0 Å². The molecule has 0 unspecified atom stereocenters. The fourth-order valence-electron chi connectivity index (χ4n) is 3.30. The van der Waals surface area contributed by atoms with Crippen molar-refractivity contribution in [2.75, 3.05) is 20.6 Å². The Morgan fingerprint density at radius 1 is 1.04 bits per heavy atom. The van der Waals surface area contributed by atoms with Gasteiger partial charge in [-0.3, -0.25) is 4.79 Å². The summed E-state index contributed by atoms with van der Waals surface area (Å²) in [6, 6.07) is 16.4. The minimum Gasteiger partial charge on any atom is -0.351 e. The van der Waals surface area contributed by atoms with Crippen LogP contribution in [0.3, 0.4) is 0 Å². The van der Waals surface area contributed by atoms with Crippen LogP contribution in [0.4, 0.5) is 0 Å². The molecule has 1 saturated carbocycles. The van der Waals surface area contributed by atoms with Gasteiger partial charge in [-0.15, -0.1) is 0 Å². The molecule has 0 saturated heterocycles. The minimum atomic E-state index is -3.48. The second kappa shape index (κ2) is 7.21. The summed E-state index contributed by atoms with van der Waals surface area (Å²) in [6.45, 7) is 0.591. The van der Waals surface area contributed by atoms with Crippen molar-refractivity contribution in [3.63, 3.8) is 0 Å². The predicted molar refractivity (Wildman–Crippen MR) is 102 cm³/mol. The first-order valence-electron chi connectivity index (χ1n) is 8.71. The SMILES string of the molecule is CN(C)S(=O)(=O)c1ccc(C(=O)NCC2(c3ccccc3)CCC2)cc1. The second-order valence-electron chi connectivity index (χ2n) is 6.99. The molecule has 2 aromatic rings. The lowest BCUT2D eigenvalue weighted by atomic mass is 9.64. The van der Waals surface area contributed by atoms with Crippen molar-refractivity contribution < 1.29 is 13.2 Å². The van der Waals surface area contributed by atoms with Gasteiger partial charge in [-0.25, -0.2) is 12.7 Å². The number of carbonyl (C=O) groups excluding carboxylic acids is 1. The van der Waals surface area contributed by atoms with Crippen LogP contribution in [0.5, 0.6) is 0 Å². The summed E-state index contributed by atoms with van der Waals surface area (Å²) in [5.74, 6) is -0.180. The predicted octanol–water partition coefficient (Wildman–Crippen LogP) is 2.79. The van der Waals surface area contributed by atoms with Crippen LogP contribution in [-0.2, 0) is 15.4 Å². The summed E-state index contributed by atoms with van der Waals surface area (Å²) in [5.41, 5.74) is 1.75. The van der Waals surface area contributed by atoms with Gasteiger partial charge in [0, 0.05) is 31.6 Å². The fraction of sp³-hybridized carbons (Fsp3) is 0.350. The lowest BCUT2D eigenvalue weighted by molar-refractivity contribution is 0.0927. The van der Waals surface area contributed by atoms with E-state index >= 15 is 0 Å². The van der Waals surface area contributed by atoms with Crippen molar-refractivity contribution in [1.82, 2.24) is 9.62 Å². The number of hydrogen-bond acceptors (Lipinski definition) is 3. The highest BCUT2D eigenvalue weighted by Crippen LogP contribution is 2.43. The Balaban J connectivity index is 1.69. The number of nitrogens with zero attached hydrogens (tertiary/aromatic N) is 1. The molecule has 0 bridgehead atoms. The first-order chi connectivity index (χ1) is 12.3. The molecule has 3 rings (SSSR count). The number of carbonyl (C=O) groups is 1. The molecule has 5 nitrogen and oxygen atoms in total. The van der Waals surface area contributed by atoms with Gasteiger partial charge < -0.3 is 5.32 Å². The molecular weight excluding hydrogens is 348 g/mol. The molecule has 0 heterocycles. The molecule has 1 aliphatic carbocycles. The molecule has 1 amide bonds. The summed E-state index contributed by atoms with van der Waals surface area (Å²) >= 11 is 0. The normalized spacial score (nSPS) is 16.1. The lowest BCUT2D eigenvalue weighted by Crippen LogP contribution is -2.45. The third-order valence-corrected chi connectivity index (χ3v) is 7.01. The van der Waals surface area contributed by atoms with E-state index in [1.165, 1.54) is 38.2 Å². The summed E-state index contributed by atoms with van der Waals surface area (Å²) < 4.78 is 25.4. The van der Waals surface area contributed by atoms with Crippen LogP contribution >= 0.6 is 0 Å². The zero-order valence-electron chi connectivity index (χ0n) is 15.1. The number of nitrogens with one attached hydrogen (secondary N) is 1. The highest BCUT2D eigenvalue weighted by Gasteiger charge is 2.38. The average Bonchev–Trinajstić information content (AvgIpc) is 2.61. The Hall–Kier alpha value is -2.18. The van der Waals surface area contributed by atoms with E-state index in [9.17, 15) is 13.2 Å². The maximum Gasteiger partial charge on any atom is 0.251 e. The molecule has 0 atom stereocenters. The van der Waals surface area contributed by atoms with Crippen molar-refractivity contribution in [3.05, 3.63) is 65.7 Å². The van der Waals surface area contributed by atoms with Crippen molar-refractivity contribution in [1.29, 1.82) is 0 Å². The molecule has 0 spiro atoms. The van der Waals surface area contributed by atoms with Crippen molar-refractivity contribution >= 4 is 15.9 Å². The number of hydrogen-bond donors (Lipinski definition) is 1. The Bertz CT molecular complexity index is 871. The zero-order valence-corrected chi connectivity index (χ0v) is 15.9. The van der Waals surface area contributed by atoms with Gasteiger partial charge in [0.25, 0.3) is 5.91 Å². The van der Waals surface area contributed by atoms with E-state index in [2.05, 4.69) is 17.4 Å². The molecule has 26 heavy (non-hydrogen) atoms. The summed E-state index contributed by atoms with van der Waals surface area (Å²) in [5, 5.41) is 3.02. The molecule has 138 valence electrons. The van der Waals surface area contributed by atoms with Crippen molar-refractivity contribution in [3.8, 4) is 0 Å². The zero-order chi connectivity index (χ0) is 18.8. The quantitative estimate of drug-likeness (QED) is 0.848. The highest BCUT2D eigenvalue weighted by atomic mass is 32.2. The lowest BCUT2D eigenvalue weighted by Gasteiger charge is -2.42. The number of rotatable bonds is 6. The van der Waals surface area contributed by atoms with Crippen molar-refractivity contribution in [2.45, 2.75) is 29.6 Å². The van der Waals surface area contributed by atoms with Gasteiger partial charge in [0.15, 0.2) is 0 Å². The Morgan fingerprint density at radius 2 is 1.65 bits per heavy atom. The number of sulfonamides is 1. The van der Waals surface area contributed by atoms with Crippen LogP contribution in [0.15, 0.2) is 59.5 Å². The van der Waals surface area contributed by atoms with E-state index in [4.69, 9.17) is 0 Å². The Morgan fingerprint density at radius 3 is 2.15 bits per heavy atom. The molecule has 1 N–H and O–H groups in total. The van der Waals surface area contributed by atoms with Crippen LogP contribution in [-0.4, -0.2) is 39.3 Å². The Labute approximate surface area is 155 Å². The first kappa shape index (κ1) is 18.6. The molecule has 1 aliphatic rings. The number of amides is 1. The van der Waals surface area contributed by atoms with Gasteiger partial charge in [0.05, 0.1) is 4.90 Å². The maximum atomic E-state index is 12.5. The van der Waals surface area contributed by atoms with Gasteiger partial charge in [0.2, 0.25) is 10.0 Å². The van der Waals surface area contributed by atoms with Crippen LogP contribution in [0, 0.1) is 0 Å². The molecule has 0 radical (unpaired) electrons. The maximum absolute atomic E-state index is 12.5. The molecule has 2 aromatic carbocycles. The smallest absolute Gasteiger partial charge is 0.251 e. The molecule has 1 fully saturated rings. The molecule has 6 heteroatoms. The van der Waals surface area contributed by atoms with E-state index in [0.29, 0.717) is 12.1 Å². The molecular formula is C20H24N2O3S. The van der Waals surface area contributed by atoms with Crippen LogP contribution < -0.4 is 5.32 Å². The third-order valence-electron chi connectivity index (χ3n) is 5.18. The third kappa shape index (κ3) is 3.52. The first-order valence-corrected chi connectivity index (χ1v) is 10.2. The minimum absolute atomic E-state index is 0.0190. The monoisotopic (exact) mass is 372 g/mol. The van der Waals surface area contributed by atoms with Gasteiger partial charge in [-0.2, -0.15) is 0 Å². The van der Waals surface area contributed by atoms with Gasteiger partial charge in [-0.05, 0) is 42.7 Å². The average molecular weight is 372 g/mol. The number of benzene rings is 2. The van der Waals surface area contributed by atoms with E-state index in [1.807, 2.05) is 18.2 Å².